The summed E-state index contributed by atoms with van der Waals surface area (Å²) in [5, 5.41) is 0. The maximum absolute atomic E-state index is 4.90. The summed E-state index contributed by atoms with van der Waals surface area (Å²) in [6.07, 6.45) is 6.88. The number of hydrogen-bond donors (Lipinski definition) is 0. The van der Waals surface area contributed by atoms with Crippen LogP contribution in [0.4, 0.5) is 0 Å². The molecule has 0 radical (unpaired) electrons. The molecule has 2 aromatic rings. The number of oxazole rings is 1. The van der Waals surface area contributed by atoms with E-state index in [1.165, 1.54) is 0 Å². The lowest BCUT2D eigenvalue weighted by Gasteiger charge is -1.87. The summed E-state index contributed by atoms with van der Waals surface area (Å²) in [5.74, 6) is 2.60. The third-order valence-corrected chi connectivity index (χ3v) is 2.35. The highest BCUT2D eigenvalue weighted by molar-refractivity contribution is 5.74. The van der Waals surface area contributed by atoms with Crippen molar-refractivity contribution >= 4 is 5.90 Å². The van der Waals surface area contributed by atoms with Gasteiger partial charge in [0.25, 0.3) is 0 Å². The minimum Gasteiger partial charge on any atom is -0.479 e. The van der Waals surface area contributed by atoms with Gasteiger partial charge in [-0.25, -0.2) is 9.97 Å². The number of nitrogens with zero attached hydrogens (tertiary/aromatic N) is 4. The number of aromatic nitrogens is 3. The van der Waals surface area contributed by atoms with Crippen molar-refractivity contribution in [3.05, 3.63) is 36.6 Å². The number of imidazole rings is 1. The van der Waals surface area contributed by atoms with Crippen LogP contribution in [0.15, 0.2) is 34.3 Å². The largest absolute Gasteiger partial charge is 0.479 e. The lowest BCUT2D eigenvalue weighted by molar-refractivity contribution is 0.345. The van der Waals surface area contributed by atoms with Gasteiger partial charge in [-0.2, -0.15) is 0 Å². The second kappa shape index (κ2) is 8.07. The number of aryl methyl sites for hydroxylation is 3. The Morgan fingerprint density at radius 3 is 2.11 bits per heavy atom. The SMILES string of the molecule is CC1=NCCO1.Cc1nccn1C.Cc1ncco1. The molecule has 0 aromatic carbocycles. The zero-order valence-electron chi connectivity index (χ0n) is 11.8. The molecule has 0 saturated heterocycles. The average Bonchev–Trinajstić information content (AvgIpc) is 3.09. The number of ether oxygens (including phenoxy) is 1. The Bertz CT molecular complexity index is 472. The van der Waals surface area contributed by atoms with Gasteiger partial charge in [0, 0.05) is 33.3 Å². The Balaban J connectivity index is 0.000000143. The van der Waals surface area contributed by atoms with Crippen molar-refractivity contribution in [2.45, 2.75) is 20.8 Å². The molecule has 104 valence electrons. The first-order chi connectivity index (χ1) is 9.09. The Morgan fingerprint density at radius 1 is 1.16 bits per heavy atom. The summed E-state index contributed by atoms with van der Waals surface area (Å²) in [5.41, 5.74) is 0. The highest BCUT2D eigenvalue weighted by atomic mass is 16.5. The topological polar surface area (TPSA) is 65.4 Å². The Hall–Kier alpha value is -2.11. The molecule has 0 unspecified atom stereocenters. The first-order valence-corrected chi connectivity index (χ1v) is 6.03. The summed E-state index contributed by atoms with van der Waals surface area (Å²) in [4.78, 5) is 11.7. The fourth-order valence-corrected chi connectivity index (χ4v) is 1.18. The van der Waals surface area contributed by atoms with Gasteiger partial charge in [0.1, 0.15) is 18.7 Å². The quantitative estimate of drug-likeness (QED) is 0.731. The minimum atomic E-state index is 0.718. The van der Waals surface area contributed by atoms with Crippen molar-refractivity contribution in [2.24, 2.45) is 12.0 Å². The van der Waals surface area contributed by atoms with Crippen LogP contribution in [0, 0.1) is 13.8 Å². The molecule has 6 nitrogen and oxygen atoms in total. The lowest BCUT2D eigenvalue weighted by Crippen LogP contribution is -1.89. The van der Waals surface area contributed by atoms with E-state index in [1.807, 2.05) is 31.7 Å². The van der Waals surface area contributed by atoms with E-state index < -0.39 is 0 Å². The fourth-order valence-electron chi connectivity index (χ4n) is 1.18. The zero-order valence-corrected chi connectivity index (χ0v) is 11.8. The Kier molecular flexibility index (Phi) is 6.35. The van der Waals surface area contributed by atoms with E-state index in [1.54, 1.807) is 25.6 Å². The molecule has 6 heteroatoms. The summed E-state index contributed by atoms with van der Waals surface area (Å²) >= 11 is 0. The van der Waals surface area contributed by atoms with E-state index in [2.05, 4.69) is 15.0 Å². The van der Waals surface area contributed by atoms with Gasteiger partial charge in [-0.1, -0.05) is 0 Å². The van der Waals surface area contributed by atoms with Gasteiger partial charge in [-0.05, 0) is 6.92 Å². The molecule has 0 bridgehead atoms. The average molecular weight is 264 g/mol. The molecule has 0 aliphatic carbocycles. The van der Waals surface area contributed by atoms with Crippen LogP contribution in [0.1, 0.15) is 18.6 Å². The van der Waals surface area contributed by atoms with Crippen LogP contribution in [0.2, 0.25) is 0 Å². The van der Waals surface area contributed by atoms with Crippen LogP contribution in [-0.4, -0.2) is 33.6 Å². The van der Waals surface area contributed by atoms with Crippen LogP contribution in [0.3, 0.4) is 0 Å². The first-order valence-electron chi connectivity index (χ1n) is 6.03. The van der Waals surface area contributed by atoms with Gasteiger partial charge in [0.2, 0.25) is 0 Å². The second-order valence-electron chi connectivity index (χ2n) is 3.89. The molecular weight excluding hydrogens is 244 g/mol. The maximum atomic E-state index is 4.90. The van der Waals surface area contributed by atoms with E-state index >= 15 is 0 Å². The Morgan fingerprint density at radius 2 is 1.95 bits per heavy atom. The van der Waals surface area contributed by atoms with Gasteiger partial charge in [0.15, 0.2) is 11.8 Å². The zero-order chi connectivity index (χ0) is 14.1. The van der Waals surface area contributed by atoms with Crippen LogP contribution in [0.5, 0.6) is 0 Å². The predicted molar refractivity (Wildman–Crippen MR) is 73.1 cm³/mol. The van der Waals surface area contributed by atoms with Gasteiger partial charge >= 0.3 is 0 Å². The molecular formula is C13H20N4O2. The van der Waals surface area contributed by atoms with Gasteiger partial charge in [-0.15, -0.1) is 0 Å². The monoisotopic (exact) mass is 264 g/mol. The fraction of sp³-hybridized carbons (Fsp3) is 0.462. The van der Waals surface area contributed by atoms with Crippen molar-refractivity contribution < 1.29 is 9.15 Å². The van der Waals surface area contributed by atoms with Crippen LogP contribution < -0.4 is 0 Å². The summed E-state index contributed by atoms with van der Waals surface area (Å²) in [7, 11) is 1.97. The summed E-state index contributed by atoms with van der Waals surface area (Å²) < 4.78 is 11.6. The van der Waals surface area contributed by atoms with Gasteiger partial charge in [-0.3, -0.25) is 4.99 Å². The number of aliphatic imine (C=N–C) groups is 1. The van der Waals surface area contributed by atoms with E-state index in [4.69, 9.17) is 9.15 Å². The van der Waals surface area contributed by atoms with E-state index in [9.17, 15) is 0 Å². The summed E-state index contributed by atoms with van der Waals surface area (Å²) in [6, 6.07) is 0. The number of rotatable bonds is 0. The van der Waals surface area contributed by atoms with Gasteiger partial charge in [0.05, 0.1) is 12.7 Å². The second-order valence-corrected chi connectivity index (χ2v) is 3.89. The van der Waals surface area contributed by atoms with E-state index in [0.717, 1.165) is 30.8 Å². The lowest BCUT2D eigenvalue weighted by atomic mass is 10.7. The molecule has 2 aromatic heterocycles. The van der Waals surface area contributed by atoms with Crippen molar-refractivity contribution in [2.75, 3.05) is 13.2 Å². The first kappa shape index (κ1) is 14.9. The smallest absolute Gasteiger partial charge is 0.190 e. The third-order valence-electron chi connectivity index (χ3n) is 2.35. The normalized spacial score (nSPS) is 12.5. The highest BCUT2D eigenvalue weighted by Gasteiger charge is 1.96. The van der Waals surface area contributed by atoms with Crippen molar-refractivity contribution in [3.63, 3.8) is 0 Å². The summed E-state index contributed by atoms with van der Waals surface area (Å²) in [6.45, 7) is 7.28. The van der Waals surface area contributed by atoms with Gasteiger partial charge < -0.3 is 13.7 Å². The molecule has 0 amide bonds. The maximum Gasteiger partial charge on any atom is 0.190 e. The molecule has 0 fully saturated rings. The predicted octanol–water partition coefficient (Wildman–Crippen LogP) is 2.15. The van der Waals surface area contributed by atoms with E-state index in [0.29, 0.717) is 0 Å². The molecule has 1 aliphatic heterocycles. The molecule has 3 heterocycles. The van der Waals surface area contributed by atoms with Crippen LogP contribution in [0.25, 0.3) is 0 Å². The van der Waals surface area contributed by atoms with Crippen LogP contribution >= 0.6 is 0 Å². The van der Waals surface area contributed by atoms with Crippen molar-refractivity contribution in [1.82, 2.24) is 14.5 Å². The van der Waals surface area contributed by atoms with Crippen molar-refractivity contribution in [1.29, 1.82) is 0 Å². The molecule has 0 saturated carbocycles. The molecule has 19 heavy (non-hydrogen) atoms. The van der Waals surface area contributed by atoms with E-state index in [-0.39, 0.29) is 0 Å². The molecule has 0 N–H and O–H groups in total. The molecule has 1 aliphatic rings. The standard InChI is InChI=1S/C5H8N2.C4H7NO.C4H5NO/c1-5-6-3-4-7(5)2;2*1-4-5-2-3-6-4/h3-4H,1-2H3;2-3H2,1H3;2-3H,1H3. The Labute approximate surface area is 113 Å². The molecule has 0 spiro atoms. The third kappa shape index (κ3) is 6.40. The van der Waals surface area contributed by atoms with Crippen LogP contribution in [-0.2, 0) is 11.8 Å². The minimum absolute atomic E-state index is 0.718. The number of hydrogen-bond acceptors (Lipinski definition) is 5. The van der Waals surface area contributed by atoms with Crippen molar-refractivity contribution in [3.8, 4) is 0 Å². The molecule has 3 rings (SSSR count). The highest BCUT2D eigenvalue weighted by Crippen LogP contribution is 1.89. The molecule has 0 atom stereocenters.